The van der Waals surface area contributed by atoms with Gasteiger partial charge in [-0.25, -0.2) is 9.59 Å². The molecule has 1 fully saturated rings. The van der Waals surface area contributed by atoms with E-state index >= 15 is 0 Å². The fraction of sp³-hybridized carbons (Fsp3) is 0.286. The predicted molar refractivity (Wildman–Crippen MR) is 129 cm³/mol. The lowest BCUT2D eigenvalue weighted by Gasteiger charge is -2.42. The van der Waals surface area contributed by atoms with Crippen LogP contribution in [0.2, 0.25) is 0 Å². The number of ether oxygens (including phenoxy) is 5. The Morgan fingerprint density at radius 1 is 0.778 bits per heavy atom. The van der Waals surface area contributed by atoms with Crippen LogP contribution in [-0.4, -0.2) is 61.5 Å². The average Bonchev–Trinajstić information content (AvgIpc) is 2.93. The summed E-state index contributed by atoms with van der Waals surface area (Å²) in [6.07, 6.45) is -5.86. The summed E-state index contributed by atoms with van der Waals surface area (Å²) in [5.41, 5.74) is 1.53. The molecule has 0 bridgehead atoms. The summed E-state index contributed by atoms with van der Waals surface area (Å²) in [6.45, 7) is 0.292. The second-order valence-electron chi connectivity index (χ2n) is 8.24. The van der Waals surface area contributed by atoms with Crippen molar-refractivity contribution in [3.63, 3.8) is 0 Å². The van der Waals surface area contributed by atoms with Gasteiger partial charge in [0.15, 0.2) is 18.5 Å². The molecule has 0 unspecified atom stereocenters. The number of benzene rings is 3. The molecule has 8 heteroatoms. The van der Waals surface area contributed by atoms with E-state index in [-0.39, 0.29) is 12.2 Å². The summed E-state index contributed by atoms with van der Waals surface area (Å²) in [6, 6.07) is 26.2. The van der Waals surface area contributed by atoms with Gasteiger partial charge in [0.2, 0.25) is 0 Å². The molecule has 8 nitrogen and oxygen atoms in total. The molecule has 3 aromatic carbocycles. The van der Waals surface area contributed by atoms with Crippen LogP contribution in [0.15, 0.2) is 91.0 Å². The van der Waals surface area contributed by atoms with Crippen molar-refractivity contribution in [3.05, 3.63) is 108 Å². The number of carbonyl (C=O) groups is 2. The molecule has 1 saturated heterocycles. The van der Waals surface area contributed by atoms with Gasteiger partial charge >= 0.3 is 11.9 Å². The predicted octanol–water partition coefficient (Wildman–Crippen LogP) is 3.39. The Kier molecular flexibility index (Phi) is 8.80. The summed E-state index contributed by atoms with van der Waals surface area (Å²) in [4.78, 5) is 25.7. The van der Waals surface area contributed by atoms with E-state index in [0.29, 0.717) is 12.2 Å². The first-order valence-corrected chi connectivity index (χ1v) is 11.6. The number of carbonyl (C=O) groups excluding carboxylic acids is 2. The fourth-order valence-electron chi connectivity index (χ4n) is 3.88. The van der Waals surface area contributed by atoms with Gasteiger partial charge < -0.3 is 28.8 Å². The van der Waals surface area contributed by atoms with Crippen LogP contribution in [-0.2, 0) is 30.3 Å². The minimum Gasteiger partial charge on any atom is -0.452 e. The van der Waals surface area contributed by atoms with Crippen molar-refractivity contribution in [1.82, 2.24) is 0 Å². The maximum Gasteiger partial charge on any atom is 0.338 e. The van der Waals surface area contributed by atoms with Crippen LogP contribution < -0.4 is 0 Å². The SMILES string of the molecule is CO[C@H]1O[C@H](COCc2ccccc2)[C@@H](O)[C@H](OC(=O)c2ccccc2)[C@H]1OC(=O)c1ccccc1. The Bertz CT molecular complexity index is 1110. The molecular weight excluding hydrogens is 464 g/mol. The number of hydrogen-bond donors (Lipinski definition) is 1. The van der Waals surface area contributed by atoms with Crippen molar-refractivity contribution < 1.29 is 38.4 Å². The smallest absolute Gasteiger partial charge is 0.338 e. The van der Waals surface area contributed by atoms with Crippen molar-refractivity contribution in [2.45, 2.75) is 37.3 Å². The quantitative estimate of drug-likeness (QED) is 0.454. The van der Waals surface area contributed by atoms with Gasteiger partial charge in [0, 0.05) is 7.11 Å². The second-order valence-corrected chi connectivity index (χ2v) is 8.24. The van der Waals surface area contributed by atoms with E-state index in [2.05, 4.69) is 0 Å². The van der Waals surface area contributed by atoms with E-state index in [0.717, 1.165) is 5.56 Å². The maximum absolute atomic E-state index is 12.9. The number of rotatable bonds is 9. The Balaban J connectivity index is 1.53. The molecule has 1 N–H and O–H groups in total. The van der Waals surface area contributed by atoms with Crippen LogP contribution in [0.5, 0.6) is 0 Å². The third kappa shape index (κ3) is 6.35. The molecule has 36 heavy (non-hydrogen) atoms. The number of aliphatic hydroxyl groups excluding tert-OH is 1. The Morgan fingerprint density at radius 2 is 1.28 bits per heavy atom. The molecule has 5 atom stereocenters. The van der Waals surface area contributed by atoms with Gasteiger partial charge in [0.25, 0.3) is 0 Å². The van der Waals surface area contributed by atoms with Crippen molar-refractivity contribution in [1.29, 1.82) is 0 Å². The largest absolute Gasteiger partial charge is 0.452 e. The summed E-state index contributed by atoms with van der Waals surface area (Å²) in [5, 5.41) is 11.2. The highest BCUT2D eigenvalue weighted by Crippen LogP contribution is 2.28. The minimum atomic E-state index is -1.35. The minimum absolute atomic E-state index is 0.00530. The highest BCUT2D eigenvalue weighted by molar-refractivity contribution is 5.90. The van der Waals surface area contributed by atoms with Gasteiger partial charge in [-0.05, 0) is 29.8 Å². The first-order chi connectivity index (χ1) is 17.6. The molecule has 1 heterocycles. The summed E-state index contributed by atoms with van der Waals surface area (Å²) < 4.78 is 28.4. The zero-order valence-corrected chi connectivity index (χ0v) is 19.8. The maximum atomic E-state index is 12.9. The number of methoxy groups -OCH3 is 1. The molecule has 0 aliphatic carbocycles. The van der Waals surface area contributed by atoms with Crippen molar-refractivity contribution in [2.24, 2.45) is 0 Å². The Hall–Kier alpha value is -3.56. The Labute approximate surface area is 209 Å². The van der Waals surface area contributed by atoms with E-state index < -0.39 is 42.6 Å². The zero-order chi connectivity index (χ0) is 25.3. The van der Waals surface area contributed by atoms with Crippen LogP contribution >= 0.6 is 0 Å². The van der Waals surface area contributed by atoms with Crippen LogP contribution in [0.1, 0.15) is 26.3 Å². The van der Waals surface area contributed by atoms with E-state index in [1.54, 1.807) is 60.7 Å². The first-order valence-electron chi connectivity index (χ1n) is 11.6. The Morgan fingerprint density at radius 3 is 1.81 bits per heavy atom. The van der Waals surface area contributed by atoms with E-state index in [9.17, 15) is 14.7 Å². The molecule has 0 aromatic heterocycles. The molecule has 1 aliphatic heterocycles. The standard InChI is InChI=1S/C28H28O8/c1-32-28-25(36-27(31)21-15-9-4-10-16-21)24(35-26(30)20-13-7-3-8-14-20)23(29)22(34-28)18-33-17-19-11-5-2-6-12-19/h2-16,22-25,28-29H,17-18H2,1H3/t22-,23-,24+,25-,28+/m1/s1. The zero-order valence-electron chi connectivity index (χ0n) is 19.8. The highest BCUT2D eigenvalue weighted by atomic mass is 16.7. The van der Waals surface area contributed by atoms with E-state index in [1.165, 1.54) is 7.11 Å². The lowest BCUT2D eigenvalue weighted by molar-refractivity contribution is -0.295. The second kappa shape index (κ2) is 12.4. The van der Waals surface area contributed by atoms with E-state index in [1.807, 2.05) is 30.3 Å². The molecule has 1 aliphatic rings. The molecule has 0 saturated carbocycles. The average molecular weight is 493 g/mol. The molecule has 3 aromatic rings. The van der Waals surface area contributed by atoms with Gasteiger partial charge in [-0.15, -0.1) is 0 Å². The topological polar surface area (TPSA) is 101 Å². The van der Waals surface area contributed by atoms with Crippen LogP contribution in [0, 0.1) is 0 Å². The van der Waals surface area contributed by atoms with Crippen molar-refractivity contribution in [3.8, 4) is 0 Å². The molecule has 0 radical (unpaired) electrons. The molecular formula is C28H28O8. The molecule has 0 spiro atoms. The van der Waals surface area contributed by atoms with Crippen molar-refractivity contribution >= 4 is 11.9 Å². The summed E-state index contributed by atoms with van der Waals surface area (Å²) in [5.74, 6) is -1.35. The van der Waals surface area contributed by atoms with E-state index in [4.69, 9.17) is 23.7 Å². The van der Waals surface area contributed by atoms with Gasteiger partial charge in [-0.1, -0.05) is 66.7 Å². The third-order valence-electron chi connectivity index (χ3n) is 5.75. The van der Waals surface area contributed by atoms with Gasteiger partial charge in [0.05, 0.1) is 24.3 Å². The monoisotopic (exact) mass is 492 g/mol. The van der Waals surface area contributed by atoms with Gasteiger partial charge in [-0.2, -0.15) is 0 Å². The normalized spacial score (nSPS) is 23.6. The highest BCUT2D eigenvalue weighted by Gasteiger charge is 2.50. The summed E-state index contributed by atoms with van der Waals surface area (Å²) in [7, 11) is 1.38. The van der Waals surface area contributed by atoms with Gasteiger partial charge in [0.1, 0.15) is 12.2 Å². The number of aliphatic hydroxyl groups is 1. The molecule has 188 valence electrons. The lowest BCUT2D eigenvalue weighted by atomic mass is 9.98. The molecule has 4 rings (SSSR count). The van der Waals surface area contributed by atoms with Crippen LogP contribution in [0.25, 0.3) is 0 Å². The number of esters is 2. The lowest BCUT2D eigenvalue weighted by Crippen LogP contribution is -2.61. The van der Waals surface area contributed by atoms with Gasteiger partial charge in [-0.3, -0.25) is 0 Å². The van der Waals surface area contributed by atoms with Crippen LogP contribution in [0.3, 0.4) is 0 Å². The fourth-order valence-corrected chi connectivity index (χ4v) is 3.88. The number of hydrogen-bond acceptors (Lipinski definition) is 8. The molecule has 0 amide bonds. The van der Waals surface area contributed by atoms with Crippen molar-refractivity contribution in [2.75, 3.05) is 13.7 Å². The van der Waals surface area contributed by atoms with Crippen LogP contribution in [0.4, 0.5) is 0 Å². The first kappa shape index (κ1) is 25.5. The summed E-state index contributed by atoms with van der Waals surface area (Å²) >= 11 is 0. The third-order valence-corrected chi connectivity index (χ3v) is 5.75.